The van der Waals surface area contributed by atoms with Gasteiger partial charge in [-0.05, 0) is 62.3 Å². The fourth-order valence-electron chi connectivity index (χ4n) is 4.02. The van der Waals surface area contributed by atoms with Crippen molar-refractivity contribution >= 4 is 11.6 Å². The van der Waals surface area contributed by atoms with Crippen molar-refractivity contribution in [3.05, 3.63) is 29.3 Å². The maximum absolute atomic E-state index is 12.8. The lowest BCUT2D eigenvalue weighted by Crippen LogP contribution is -2.44. The Kier molecular flexibility index (Phi) is 4.03. The molecule has 0 aromatic heterocycles. The van der Waals surface area contributed by atoms with Crippen LogP contribution < -0.4 is 10.2 Å². The van der Waals surface area contributed by atoms with Gasteiger partial charge in [-0.25, -0.2) is 0 Å². The molecule has 1 aromatic carbocycles. The van der Waals surface area contributed by atoms with Crippen molar-refractivity contribution in [1.82, 2.24) is 5.32 Å². The van der Waals surface area contributed by atoms with E-state index in [1.54, 1.807) is 0 Å². The third-order valence-electron chi connectivity index (χ3n) is 5.09. The van der Waals surface area contributed by atoms with Crippen molar-refractivity contribution in [3.8, 4) is 0 Å². The third-order valence-corrected chi connectivity index (χ3v) is 5.09. The van der Waals surface area contributed by atoms with E-state index in [0.717, 1.165) is 12.1 Å². The molecule has 2 fully saturated rings. The van der Waals surface area contributed by atoms with Gasteiger partial charge in [0.25, 0.3) is 0 Å². The van der Waals surface area contributed by atoms with Crippen LogP contribution in [0.2, 0.25) is 0 Å². The van der Waals surface area contributed by atoms with Gasteiger partial charge in [0, 0.05) is 18.8 Å². The SMILES string of the molecule is Cc1cc(C)cc(N(C)C(=O)C2CC3CCCCC3N2)c1. The third kappa shape index (κ3) is 2.98. The molecular formula is C18H26N2O. The number of rotatable bonds is 2. The standard InChI is InChI=1S/C18H26N2O/c1-12-8-13(2)10-15(9-12)20(3)18(21)17-11-14-6-4-5-7-16(14)19-17/h8-10,14,16-17,19H,4-7,11H2,1-3H3. The summed E-state index contributed by atoms with van der Waals surface area (Å²) in [6.07, 6.45) is 6.17. The summed E-state index contributed by atoms with van der Waals surface area (Å²) in [6, 6.07) is 6.90. The monoisotopic (exact) mass is 286 g/mol. The average Bonchev–Trinajstić information content (AvgIpc) is 2.88. The Balaban J connectivity index is 1.72. The Morgan fingerprint density at radius 2 is 1.81 bits per heavy atom. The Bertz CT molecular complexity index is 506. The van der Waals surface area contributed by atoms with Crippen LogP contribution >= 0.6 is 0 Å². The van der Waals surface area contributed by atoms with Crippen molar-refractivity contribution in [2.45, 2.75) is 58.0 Å². The van der Waals surface area contributed by atoms with E-state index in [-0.39, 0.29) is 11.9 Å². The highest BCUT2D eigenvalue weighted by Gasteiger charge is 2.39. The molecule has 1 heterocycles. The molecule has 1 aliphatic carbocycles. The minimum Gasteiger partial charge on any atom is -0.314 e. The van der Waals surface area contributed by atoms with E-state index < -0.39 is 0 Å². The summed E-state index contributed by atoms with van der Waals surface area (Å²) in [5, 5.41) is 3.58. The average molecular weight is 286 g/mol. The summed E-state index contributed by atoms with van der Waals surface area (Å²) in [6.45, 7) is 4.16. The van der Waals surface area contributed by atoms with Crippen molar-refractivity contribution < 1.29 is 4.79 Å². The van der Waals surface area contributed by atoms with Crippen LogP contribution in [0, 0.1) is 19.8 Å². The van der Waals surface area contributed by atoms with E-state index in [2.05, 4.69) is 37.4 Å². The molecule has 2 aliphatic rings. The lowest BCUT2D eigenvalue weighted by Gasteiger charge is -2.24. The maximum atomic E-state index is 12.8. The normalized spacial score (nSPS) is 28.2. The van der Waals surface area contributed by atoms with Crippen molar-refractivity contribution in [1.29, 1.82) is 0 Å². The van der Waals surface area contributed by atoms with E-state index in [4.69, 9.17) is 0 Å². The molecule has 114 valence electrons. The van der Waals surface area contributed by atoms with Crippen LogP contribution in [-0.2, 0) is 4.79 Å². The molecular weight excluding hydrogens is 260 g/mol. The number of fused-ring (bicyclic) bond motifs is 1. The molecule has 0 bridgehead atoms. The summed E-state index contributed by atoms with van der Waals surface area (Å²) < 4.78 is 0. The van der Waals surface area contributed by atoms with Gasteiger partial charge in [0.15, 0.2) is 0 Å². The van der Waals surface area contributed by atoms with Gasteiger partial charge in [0.05, 0.1) is 6.04 Å². The molecule has 3 nitrogen and oxygen atoms in total. The quantitative estimate of drug-likeness (QED) is 0.905. The second-order valence-corrected chi connectivity index (χ2v) is 6.85. The van der Waals surface area contributed by atoms with Crippen molar-refractivity contribution in [3.63, 3.8) is 0 Å². The second-order valence-electron chi connectivity index (χ2n) is 6.85. The Morgan fingerprint density at radius 1 is 1.14 bits per heavy atom. The number of carbonyl (C=O) groups is 1. The molecule has 3 unspecified atom stereocenters. The molecule has 1 N–H and O–H groups in total. The van der Waals surface area contributed by atoms with Gasteiger partial charge < -0.3 is 10.2 Å². The summed E-state index contributed by atoms with van der Waals surface area (Å²) in [7, 11) is 1.90. The Morgan fingerprint density at radius 3 is 2.48 bits per heavy atom. The Labute approximate surface area is 127 Å². The minimum atomic E-state index is 0.00363. The highest BCUT2D eigenvalue weighted by atomic mass is 16.2. The lowest BCUT2D eigenvalue weighted by molar-refractivity contribution is -0.120. The van der Waals surface area contributed by atoms with Gasteiger partial charge >= 0.3 is 0 Å². The summed E-state index contributed by atoms with van der Waals surface area (Å²) in [5.41, 5.74) is 3.42. The van der Waals surface area contributed by atoms with Gasteiger partial charge in [0.1, 0.15) is 0 Å². The first-order chi connectivity index (χ1) is 10.0. The molecule has 1 aromatic rings. The number of benzene rings is 1. The molecule has 0 spiro atoms. The van der Waals surface area contributed by atoms with Crippen LogP contribution in [-0.4, -0.2) is 25.0 Å². The molecule has 21 heavy (non-hydrogen) atoms. The summed E-state index contributed by atoms with van der Waals surface area (Å²) >= 11 is 0. The van der Waals surface area contributed by atoms with E-state index in [1.165, 1.54) is 36.8 Å². The largest absolute Gasteiger partial charge is 0.314 e. The van der Waals surface area contributed by atoms with E-state index >= 15 is 0 Å². The minimum absolute atomic E-state index is 0.00363. The summed E-state index contributed by atoms with van der Waals surface area (Å²) in [4.78, 5) is 14.6. The zero-order valence-electron chi connectivity index (χ0n) is 13.4. The number of nitrogens with zero attached hydrogens (tertiary/aromatic N) is 1. The Hall–Kier alpha value is -1.35. The van der Waals surface area contributed by atoms with Gasteiger partial charge in [-0.3, -0.25) is 4.79 Å². The van der Waals surface area contributed by atoms with Crippen LogP contribution in [0.15, 0.2) is 18.2 Å². The zero-order valence-corrected chi connectivity index (χ0v) is 13.4. The number of hydrogen-bond donors (Lipinski definition) is 1. The highest BCUT2D eigenvalue weighted by molar-refractivity contribution is 5.97. The molecule has 3 atom stereocenters. The van der Waals surface area contributed by atoms with Crippen LogP contribution in [0.1, 0.15) is 43.2 Å². The molecule has 1 aliphatic heterocycles. The van der Waals surface area contributed by atoms with Crippen LogP contribution in [0.4, 0.5) is 5.69 Å². The van der Waals surface area contributed by atoms with Gasteiger partial charge in [0.2, 0.25) is 5.91 Å². The first-order valence-electron chi connectivity index (χ1n) is 8.16. The topological polar surface area (TPSA) is 32.3 Å². The van der Waals surface area contributed by atoms with Gasteiger partial charge in [-0.1, -0.05) is 18.9 Å². The fraction of sp³-hybridized carbons (Fsp3) is 0.611. The first-order valence-corrected chi connectivity index (χ1v) is 8.16. The highest BCUT2D eigenvalue weighted by Crippen LogP contribution is 2.34. The molecule has 0 radical (unpaired) electrons. The number of likely N-dealkylation sites (N-methyl/N-ethyl adjacent to an activating group) is 1. The van der Waals surface area contributed by atoms with Crippen molar-refractivity contribution in [2.24, 2.45) is 5.92 Å². The van der Waals surface area contributed by atoms with E-state index in [0.29, 0.717) is 12.0 Å². The second kappa shape index (κ2) is 5.80. The predicted molar refractivity (Wildman–Crippen MR) is 86.6 cm³/mol. The number of carbonyl (C=O) groups excluding carboxylic acids is 1. The first kappa shape index (κ1) is 14.6. The number of aryl methyl sites for hydroxylation is 2. The van der Waals surface area contributed by atoms with Crippen LogP contribution in [0.3, 0.4) is 0 Å². The van der Waals surface area contributed by atoms with Crippen LogP contribution in [0.25, 0.3) is 0 Å². The molecule has 3 heteroatoms. The molecule has 1 amide bonds. The number of amides is 1. The number of hydrogen-bond acceptors (Lipinski definition) is 2. The van der Waals surface area contributed by atoms with Gasteiger partial charge in [-0.15, -0.1) is 0 Å². The lowest BCUT2D eigenvalue weighted by atomic mass is 9.85. The summed E-state index contributed by atoms with van der Waals surface area (Å²) in [5.74, 6) is 0.926. The van der Waals surface area contributed by atoms with E-state index in [9.17, 15) is 4.79 Å². The van der Waals surface area contributed by atoms with Crippen molar-refractivity contribution in [2.75, 3.05) is 11.9 Å². The molecule has 1 saturated carbocycles. The predicted octanol–water partition coefficient (Wildman–Crippen LogP) is 3.19. The maximum Gasteiger partial charge on any atom is 0.243 e. The molecule has 1 saturated heterocycles. The fourth-order valence-corrected chi connectivity index (χ4v) is 4.02. The smallest absolute Gasteiger partial charge is 0.243 e. The zero-order chi connectivity index (χ0) is 15.0. The number of nitrogens with one attached hydrogen (secondary N) is 1. The van der Waals surface area contributed by atoms with Crippen LogP contribution in [0.5, 0.6) is 0 Å². The number of anilines is 1. The molecule has 3 rings (SSSR count). The van der Waals surface area contributed by atoms with E-state index in [1.807, 2.05) is 11.9 Å². The van der Waals surface area contributed by atoms with Gasteiger partial charge in [-0.2, -0.15) is 0 Å².